The van der Waals surface area contributed by atoms with Gasteiger partial charge in [0, 0.05) is 44.1 Å². The standard InChI is InChI=1S/C19H19F3N4O5S/c1-31-16-10-12(2-3-15(16)24-32(29)30)17(27)25-6-8-26(9-7-25)18(28)13-11-23-5-4-14(13)19(20,21)22/h2-5,10-11,24H,6-9H2,1H3,(H,29,30). The minimum atomic E-state index is -4.69. The van der Waals surface area contributed by atoms with E-state index >= 15 is 0 Å². The van der Waals surface area contributed by atoms with Crippen molar-refractivity contribution in [3.8, 4) is 5.75 Å². The molecule has 1 saturated heterocycles. The molecule has 3 rings (SSSR count). The summed E-state index contributed by atoms with van der Waals surface area (Å²) in [6, 6.07) is 5.02. The molecule has 0 spiro atoms. The van der Waals surface area contributed by atoms with E-state index in [4.69, 9.17) is 9.29 Å². The van der Waals surface area contributed by atoms with Crippen molar-refractivity contribution in [2.45, 2.75) is 6.18 Å². The molecule has 2 amide bonds. The minimum absolute atomic E-state index is 0.0526. The Morgan fingerprint density at radius 2 is 1.75 bits per heavy atom. The zero-order valence-corrected chi connectivity index (χ0v) is 17.6. The van der Waals surface area contributed by atoms with Gasteiger partial charge in [-0.2, -0.15) is 13.2 Å². The van der Waals surface area contributed by atoms with Crippen LogP contribution >= 0.6 is 0 Å². The van der Waals surface area contributed by atoms with E-state index in [-0.39, 0.29) is 49.1 Å². The second-order valence-electron chi connectivity index (χ2n) is 6.77. The summed E-state index contributed by atoms with van der Waals surface area (Å²) < 4.78 is 66.9. The van der Waals surface area contributed by atoms with E-state index in [1.54, 1.807) is 0 Å². The third kappa shape index (κ3) is 5.16. The number of hydrogen-bond acceptors (Lipinski definition) is 5. The van der Waals surface area contributed by atoms with Gasteiger partial charge in [0.15, 0.2) is 0 Å². The average Bonchev–Trinajstić information content (AvgIpc) is 2.77. The predicted octanol–water partition coefficient (Wildman–Crippen LogP) is 2.26. The van der Waals surface area contributed by atoms with Crippen molar-refractivity contribution in [3.63, 3.8) is 0 Å². The molecule has 172 valence electrons. The Hall–Kier alpha value is -3.19. The van der Waals surface area contributed by atoms with Crippen molar-refractivity contribution in [1.82, 2.24) is 14.8 Å². The molecule has 1 aromatic heterocycles. The lowest BCUT2D eigenvalue weighted by molar-refractivity contribution is -0.138. The molecular weight excluding hydrogens is 453 g/mol. The maximum absolute atomic E-state index is 13.2. The van der Waals surface area contributed by atoms with Gasteiger partial charge in [0.2, 0.25) is 0 Å². The van der Waals surface area contributed by atoms with Gasteiger partial charge in [0.05, 0.1) is 23.9 Å². The van der Waals surface area contributed by atoms with Crippen LogP contribution in [0.1, 0.15) is 26.3 Å². The monoisotopic (exact) mass is 472 g/mol. The number of carbonyl (C=O) groups excluding carboxylic acids is 2. The van der Waals surface area contributed by atoms with Crippen molar-refractivity contribution in [2.24, 2.45) is 0 Å². The smallest absolute Gasteiger partial charge is 0.417 e. The maximum atomic E-state index is 13.2. The zero-order chi connectivity index (χ0) is 23.5. The highest BCUT2D eigenvalue weighted by Crippen LogP contribution is 2.32. The number of pyridine rings is 1. The molecule has 2 heterocycles. The number of piperazine rings is 1. The largest absolute Gasteiger partial charge is 0.495 e. The number of nitrogens with zero attached hydrogens (tertiary/aromatic N) is 3. The maximum Gasteiger partial charge on any atom is 0.417 e. The summed E-state index contributed by atoms with van der Waals surface area (Å²) in [6.07, 6.45) is -2.82. The summed E-state index contributed by atoms with van der Waals surface area (Å²) in [7, 11) is 1.34. The molecule has 1 aliphatic rings. The number of methoxy groups -OCH3 is 1. The molecule has 0 saturated carbocycles. The predicted molar refractivity (Wildman–Crippen MR) is 108 cm³/mol. The second-order valence-corrected chi connectivity index (χ2v) is 7.47. The molecule has 0 bridgehead atoms. The molecule has 0 radical (unpaired) electrons. The molecule has 2 aromatic rings. The number of aromatic nitrogens is 1. The van der Waals surface area contributed by atoms with E-state index in [2.05, 4.69) is 9.71 Å². The fourth-order valence-electron chi connectivity index (χ4n) is 3.28. The number of hydrogen-bond donors (Lipinski definition) is 2. The van der Waals surface area contributed by atoms with Gasteiger partial charge >= 0.3 is 6.18 Å². The van der Waals surface area contributed by atoms with Gasteiger partial charge in [-0.25, -0.2) is 4.21 Å². The minimum Gasteiger partial charge on any atom is -0.495 e. The SMILES string of the molecule is COc1cc(C(=O)N2CCN(C(=O)c3cnccc3C(F)(F)F)CC2)ccc1NS(=O)O. The topological polar surface area (TPSA) is 112 Å². The summed E-state index contributed by atoms with van der Waals surface area (Å²) in [6.45, 7) is 0.346. The van der Waals surface area contributed by atoms with E-state index < -0.39 is 34.5 Å². The summed E-state index contributed by atoms with van der Waals surface area (Å²) in [5.74, 6) is -0.987. The Bertz CT molecular complexity index is 1040. The molecule has 1 atom stereocenters. The number of alkyl halides is 3. The Morgan fingerprint density at radius 3 is 2.31 bits per heavy atom. The van der Waals surface area contributed by atoms with Gasteiger partial charge in [-0.3, -0.25) is 23.8 Å². The number of carbonyl (C=O) groups is 2. The van der Waals surface area contributed by atoms with E-state index in [1.165, 1.54) is 35.1 Å². The molecular formula is C19H19F3N4O5S. The lowest BCUT2D eigenvalue weighted by Crippen LogP contribution is -2.50. The van der Waals surface area contributed by atoms with Crippen LogP contribution in [0.4, 0.5) is 18.9 Å². The zero-order valence-electron chi connectivity index (χ0n) is 16.8. The van der Waals surface area contributed by atoms with Crippen LogP contribution in [0.25, 0.3) is 0 Å². The third-order valence-electron chi connectivity index (χ3n) is 4.86. The van der Waals surface area contributed by atoms with Crippen LogP contribution < -0.4 is 9.46 Å². The number of ether oxygens (including phenoxy) is 1. The molecule has 1 unspecified atom stereocenters. The quantitative estimate of drug-likeness (QED) is 0.646. The van der Waals surface area contributed by atoms with Crippen molar-refractivity contribution in [3.05, 3.63) is 53.3 Å². The Balaban J connectivity index is 1.69. The van der Waals surface area contributed by atoms with Crippen LogP contribution in [0.3, 0.4) is 0 Å². The number of rotatable bonds is 5. The van der Waals surface area contributed by atoms with Gasteiger partial charge in [-0.1, -0.05) is 0 Å². The van der Waals surface area contributed by atoms with E-state index in [1.807, 2.05) is 0 Å². The second kappa shape index (κ2) is 9.53. The van der Waals surface area contributed by atoms with Crippen molar-refractivity contribution in [2.75, 3.05) is 38.0 Å². The molecule has 13 heteroatoms. The highest BCUT2D eigenvalue weighted by molar-refractivity contribution is 7.80. The first kappa shape index (κ1) is 23.5. The number of nitrogens with one attached hydrogen (secondary N) is 1. The van der Waals surface area contributed by atoms with Gasteiger partial charge in [0.25, 0.3) is 23.1 Å². The Morgan fingerprint density at radius 1 is 1.12 bits per heavy atom. The van der Waals surface area contributed by atoms with Crippen molar-refractivity contribution in [1.29, 1.82) is 0 Å². The molecule has 1 aromatic carbocycles. The molecule has 9 nitrogen and oxygen atoms in total. The van der Waals surface area contributed by atoms with E-state index in [9.17, 15) is 27.0 Å². The van der Waals surface area contributed by atoms with Crippen LogP contribution in [0.5, 0.6) is 5.75 Å². The highest BCUT2D eigenvalue weighted by atomic mass is 32.2. The lowest BCUT2D eigenvalue weighted by Gasteiger charge is -2.35. The summed E-state index contributed by atoms with van der Waals surface area (Å²) in [5.41, 5.74) is -1.12. The first-order valence-electron chi connectivity index (χ1n) is 9.27. The normalized spacial score (nSPS) is 15.3. The van der Waals surface area contributed by atoms with Crippen molar-refractivity contribution >= 4 is 28.8 Å². The third-order valence-corrected chi connectivity index (χ3v) is 5.25. The fourth-order valence-corrected chi connectivity index (χ4v) is 3.64. The summed E-state index contributed by atoms with van der Waals surface area (Å²) in [4.78, 5) is 31.8. The molecule has 1 aliphatic heterocycles. The molecule has 1 fully saturated rings. The molecule has 0 aliphatic carbocycles. The molecule has 2 N–H and O–H groups in total. The average molecular weight is 472 g/mol. The number of halogens is 3. The van der Waals surface area contributed by atoms with Crippen LogP contribution in [0.2, 0.25) is 0 Å². The Labute approximate surface area is 183 Å². The first-order chi connectivity index (χ1) is 15.1. The highest BCUT2D eigenvalue weighted by Gasteiger charge is 2.37. The van der Waals surface area contributed by atoms with E-state index in [0.29, 0.717) is 0 Å². The Kier molecular flexibility index (Phi) is 6.99. The van der Waals surface area contributed by atoms with Crippen LogP contribution in [-0.2, 0) is 17.4 Å². The summed E-state index contributed by atoms with van der Waals surface area (Å²) >= 11 is -2.32. The number of anilines is 1. The molecule has 32 heavy (non-hydrogen) atoms. The fraction of sp³-hybridized carbons (Fsp3) is 0.316. The van der Waals surface area contributed by atoms with Gasteiger partial charge in [0.1, 0.15) is 5.75 Å². The van der Waals surface area contributed by atoms with Crippen LogP contribution in [-0.4, -0.2) is 68.6 Å². The van der Waals surface area contributed by atoms with Gasteiger partial charge in [-0.05, 0) is 24.3 Å². The van der Waals surface area contributed by atoms with Crippen molar-refractivity contribution < 1.29 is 36.3 Å². The first-order valence-corrected chi connectivity index (χ1v) is 10.4. The van der Waals surface area contributed by atoms with Crippen LogP contribution in [0, 0.1) is 0 Å². The number of amides is 2. The summed E-state index contributed by atoms with van der Waals surface area (Å²) in [5, 5.41) is 0. The van der Waals surface area contributed by atoms with Gasteiger partial charge < -0.3 is 14.5 Å². The van der Waals surface area contributed by atoms with E-state index in [0.717, 1.165) is 18.5 Å². The number of benzene rings is 1. The van der Waals surface area contributed by atoms with Crippen LogP contribution in [0.15, 0.2) is 36.7 Å². The lowest BCUT2D eigenvalue weighted by atomic mass is 10.1. The van der Waals surface area contributed by atoms with Gasteiger partial charge in [-0.15, -0.1) is 0 Å².